The van der Waals surface area contributed by atoms with Gasteiger partial charge in [-0.05, 0) is 25.7 Å². The monoisotopic (exact) mass is 362 g/mol. The normalized spacial score (nSPS) is 24.8. The van der Waals surface area contributed by atoms with Gasteiger partial charge in [0.05, 0.1) is 0 Å². The van der Waals surface area contributed by atoms with Crippen molar-refractivity contribution in [3.05, 3.63) is 0 Å². The molecule has 2 aliphatic carbocycles. The van der Waals surface area contributed by atoms with Gasteiger partial charge in [0, 0.05) is 32.4 Å². The third-order valence-electron chi connectivity index (χ3n) is 5.75. The molecular formula is C19H30N4O3. The molecule has 0 atom stereocenters. The highest BCUT2D eigenvalue weighted by Crippen LogP contribution is 2.32. The van der Waals surface area contributed by atoms with Crippen molar-refractivity contribution in [3.8, 4) is 0 Å². The summed E-state index contributed by atoms with van der Waals surface area (Å²) in [5.74, 6) is -1.78. The molecule has 26 heavy (non-hydrogen) atoms. The number of urea groups is 1. The molecule has 0 bridgehead atoms. The Hall–Kier alpha value is -1.92. The van der Waals surface area contributed by atoms with Gasteiger partial charge in [-0.3, -0.25) is 19.4 Å². The largest absolute Gasteiger partial charge is 0.333 e. The molecule has 1 saturated heterocycles. The van der Waals surface area contributed by atoms with Crippen LogP contribution < -0.4 is 0 Å². The van der Waals surface area contributed by atoms with E-state index in [1.807, 2.05) is 0 Å². The van der Waals surface area contributed by atoms with Crippen LogP contribution in [0.3, 0.4) is 0 Å². The first kappa shape index (κ1) is 18.9. The molecule has 0 radical (unpaired) electrons. The van der Waals surface area contributed by atoms with Crippen molar-refractivity contribution in [2.24, 2.45) is 11.0 Å². The third kappa shape index (κ3) is 3.76. The molecule has 0 unspecified atom stereocenters. The van der Waals surface area contributed by atoms with Crippen LogP contribution in [0, 0.1) is 5.92 Å². The summed E-state index contributed by atoms with van der Waals surface area (Å²) >= 11 is 0. The van der Waals surface area contributed by atoms with E-state index in [0.717, 1.165) is 64.2 Å². The van der Waals surface area contributed by atoms with Crippen LogP contribution in [0.5, 0.6) is 0 Å². The molecule has 7 nitrogen and oxygen atoms in total. The molecule has 0 aromatic heterocycles. The first-order valence-electron chi connectivity index (χ1n) is 9.92. The summed E-state index contributed by atoms with van der Waals surface area (Å²) in [7, 11) is 3.49. The van der Waals surface area contributed by atoms with E-state index in [0.29, 0.717) is 0 Å². The lowest BCUT2D eigenvalue weighted by Crippen LogP contribution is -2.65. The summed E-state index contributed by atoms with van der Waals surface area (Å²) in [6.45, 7) is 0. The summed E-state index contributed by atoms with van der Waals surface area (Å²) in [6, 6.07) is -0.565. The average molecular weight is 362 g/mol. The number of nitrogens with zero attached hydrogens (tertiary/aromatic N) is 4. The molecule has 1 aliphatic heterocycles. The van der Waals surface area contributed by atoms with Crippen LogP contribution in [-0.2, 0) is 9.59 Å². The Morgan fingerprint density at radius 3 is 1.62 bits per heavy atom. The van der Waals surface area contributed by atoms with Crippen LogP contribution in [0.1, 0.15) is 64.2 Å². The number of hydrogen-bond acceptors (Lipinski definition) is 5. The highest BCUT2D eigenvalue weighted by atomic mass is 16.2. The minimum absolute atomic E-state index is 0.0850. The maximum absolute atomic E-state index is 13.2. The molecule has 3 fully saturated rings. The van der Waals surface area contributed by atoms with Gasteiger partial charge in [-0.1, -0.05) is 38.5 Å². The number of carbonyl (C=O) groups is 3. The van der Waals surface area contributed by atoms with Crippen LogP contribution in [-0.4, -0.2) is 65.0 Å². The van der Waals surface area contributed by atoms with Gasteiger partial charge >= 0.3 is 6.03 Å². The van der Waals surface area contributed by atoms with Gasteiger partial charge in [0.1, 0.15) is 0 Å². The Balaban J connectivity index is 1.91. The molecule has 0 aromatic carbocycles. The average Bonchev–Trinajstić information content (AvgIpc) is 2.63. The number of carbonyl (C=O) groups excluding carboxylic acids is 3. The lowest BCUT2D eigenvalue weighted by molar-refractivity contribution is -0.149. The predicted octanol–water partition coefficient (Wildman–Crippen LogP) is 2.61. The summed E-state index contributed by atoms with van der Waals surface area (Å²) in [6.07, 6.45) is 11.1. The molecule has 0 spiro atoms. The van der Waals surface area contributed by atoms with Gasteiger partial charge in [0.2, 0.25) is 11.8 Å². The number of hydrogen-bond donors (Lipinski definition) is 0. The fraction of sp³-hybridized carbons (Fsp3) is 0.789. The molecule has 0 aromatic rings. The van der Waals surface area contributed by atoms with Crippen LogP contribution in [0.25, 0.3) is 0 Å². The number of rotatable bonds is 4. The molecule has 7 heteroatoms. The van der Waals surface area contributed by atoms with Gasteiger partial charge in [-0.15, -0.1) is 0 Å². The fourth-order valence-corrected chi connectivity index (χ4v) is 4.39. The number of amides is 4. The third-order valence-corrected chi connectivity index (χ3v) is 5.75. The number of imide groups is 2. The second kappa shape index (κ2) is 8.18. The Kier molecular flexibility index (Phi) is 5.94. The van der Waals surface area contributed by atoms with E-state index in [9.17, 15) is 14.4 Å². The number of hydrazone groups is 1. The van der Waals surface area contributed by atoms with Crippen molar-refractivity contribution in [3.63, 3.8) is 0 Å². The van der Waals surface area contributed by atoms with E-state index in [1.165, 1.54) is 16.0 Å². The molecule has 3 aliphatic rings. The van der Waals surface area contributed by atoms with E-state index < -0.39 is 23.8 Å². The second-order valence-electron chi connectivity index (χ2n) is 7.87. The maximum Gasteiger partial charge on any atom is 0.333 e. The van der Waals surface area contributed by atoms with Gasteiger partial charge < -0.3 is 5.01 Å². The lowest BCUT2D eigenvalue weighted by Gasteiger charge is -2.44. The Bertz CT molecular complexity index is 537. The Morgan fingerprint density at radius 2 is 1.23 bits per heavy atom. The van der Waals surface area contributed by atoms with Crippen molar-refractivity contribution in [1.82, 2.24) is 14.8 Å². The summed E-state index contributed by atoms with van der Waals surface area (Å²) in [4.78, 5) is 42.0. The minimum atomic E-state index is -0.987. The highest BCUT2D eigenvalue weighted by Gasteiger charge is 2.50. The van der Waals surface area contributed by atoms with Crippen molar-refractivity contribution in [2.75, 3.05) is 14.1 Å². The quantitative estimate of drug-likeness (QED) is 0.438. The molecule has 3 rings (SSSR count). The van der Waals surface area contributed by atoms with Crippen molar-refractivity contribution in [1.29, 1.82) is 0 Å². The van der Waals surface area contributed by atoms with Gasteiger partial charge in [0.15, 0.2) is 5.92 Å². The van der Waals surface area contributed by atoms with Gasteiger partial charge in [0.25, 0.3) is 0 Å². The molecule has 144 valence electrons. The minimum Gasteiger partial charge on any atom is -0.303 e. The SMILES string of the molecule is CN(C)N=CC1C(=O)N(C2CCCCC2)C(=O)N(C2CCCCC2)C1=O. The van der Waals surface area contributed by atoms with Crippen molar-refractivity contribution in [2.45, 2.75) is 76.3 Å². The zero-order chi connectivity index (χ0) is 18.7. The Labute approximate surface area is 155 Å². The van der Waals surface area contributed by atoms with E-state index in [4.69, 9.17) is 0 Å². The van der Waals surface area contributed by atoms with Gasteiger partial charge in [-0.2, -0.15) is 5.10 Å². The van der Waals surface area contributed by atoms with Crippen LogP contribution in [0.15, 0.2) is 5.10 Å². The highest BCUT2D eigenvalue weighted by molar-refractivity contribution is 6.23. The standard InChI is InChI=1S/C19H30N4O3/c1-21(2)20-13-16-17(24)22(14-9-5-3-6-10-14)19(26)23(18(16)25)15-11-7-4-8-12-15/h13-16H,3-12H2,1-2H3. The summed E-state index contributed by atoms with van der Waals surface area (Å²) in [5, 5.41) is 5.70. The maximum atomic E-state index is 13.2. The molecule has 4 amide bonds. The Morgan fingerprint density at radius 1 is 0.808 bits per heavy atom. The first-order chi connectivity index (χ1) is 12.5. The topological polar surface area (TPSA) is 73.3 Å². The molecule has 1 heterocycles. The van der Waals surface area contributed by atoms with E-state index >= 15 is 0 Å². The zero-order valence-electron chi connectivity index (χ0n) is 15.9. The van der Waals surface area contributed by atoms with E-state index in [-0.39, 0.29) is 12.1 Å². The predicted molar refractivity (Wildman–Crippen MR) is 98.5 cm³/mol. The summed E-state index contributed by atoms with van der Waals surface area (Å²) < 4.78 is 0. The number of barbiturate groups is 1. The second-order valence-corrected chi connectivity index (χ2v) is 7.87. The van der Waals surface area contributed by atoms with E-state index in [2.05, 4.69) is 5.10 Å². The van der Waals surface area contributed by atoms with Crippen LogP contribution >= 0.6 is 0 Å². The molecule has 2 saturated carbocycles. The van der Waals surface area contributed by atoms with Crippen molar-refractivity contribution >= 4 is 24.1 Å². The van der Waals surface area contributed by atoms with Crippen molar-refractivity contribution < 1.29 is 14.4 Å². The fourth-order valence-electron chi connectivity index (χ4n) is 4.39. The smallest absolute Gasteiger partial charge is 0.303 e. The van der Waals surface area contributed by atoms with Gasteiger partial charge in [-0.25, -0.2) is 4.79 Å². The molecular weight excluding hydrogens is 332 g/mol. The van der Waals surface area contributed by atoms with Crippen LogP contribution in [0.4, 0.5) is 4.79 Å². The lowest BCUT2D eigenvalue weighted by atomic mass is 9.90. The summed E-state index contributed by atoms with van der Waals surface area (Å²) in [5.41, 5.74) is 0. The van der Waals surface area contributed by atoms with Crippen LogP contribution in [0.2, 0.25) is 0 Å². The first-order valence-corrected chi connectivity index (χ1v) is 9.92. The van der Waals surface area contributed by atoms with E-state index in [1.54, 1.807) is 19.1 Å². The molecule has 0 N–H and O–H groups in total. The zero-order valence-corrected chi connectivity index (χ0v) is 15.9.